The van der Waals surface area contributed by atoms with Gasteiger partial charge in [-0.1, -0.05) is 66.7 Å². The second-order valence-corrected chi connectivity index (χ2v) is 8.83. The maximum Gasteiger partial charge on any atom is 0.325 e. The standard InChI is InChI=1S/C28H27N3O5/c32-26(29-14-13-22(20-7-3-1-4-8-20)21-9-5-2-6-10-21)16-23-27(33)31(28(34)30-23)17-19-11-12-24-25(15-19)36-18-35-24/h1-12,15,22-23H,13-14,16-18H2,(H,29,32)(H,30,34)/t23-/m0/s1. The topological polar surface area (TPSA) is 97.0 Å². The molecule has 2 aliphatic rings. The molecular formula is C28H27N3O5. The second kappa shape index (κ2) is 10.5. The predicted molar refractivity (Wildman–Crippen MR) is 132 cm³/mol. The van der Waals surface area contributed by atoms with Crippen molar-refractivity contribution in [3.63, 3.8) is 0 Å². The van der Waals surface area contributed by atoms with Gasteiger partial charge in [0, 0.05) is 12.5 Å². The van der Waals surface area contributed by atoms with Crippen LogP contribution in [0.4, 0.5) is 4.79 Å². The van der Waals surface area contributed by atoms with Crippen LogP contribution < -0.4 is 20.1 Å². The fraction of sp³-hybridized carbons (Fsp3) is 0.250. The van der Waals surface area contributed by atoms with E-state index in [-0.39, 0.29) is 31.6 Å². The van der Waals surface area contributed by atoms with Crippen molar-refractivity contribution in [3.05, 3.63) is 95.6 Å². The first-order valence-corrected chi connectivity index (χ1v) is 12.0. The summed E-state index contributed by atoms with van der Waals surface area (Å²) in [6.45, 7) is 0.689. The zero-order valence-electron chi connectivity index (χ0n) is 19.7. The number of amides is 4. The first-order chi connectivity index (χ1) is 17.6. The third-order valence-electron chi connectivity index (χ3n) is 6.43. The van der Waals surface area contributed by atoms with E-state index in [0.29, 0.717) is 24.5 Å². The molecule has 3 aromatic carbocycles. The van der Waals surface area contributed by atoms with Crippen molar-refractivity contribution in [2.45, 2.75) is 31.3 Å². The van der Waals surface area contributed by atoms with Crippen LogP contribution in [0, 0.1) is 0 Å². The zero-order chi connectivity index (χ0) is 24.9. The van der Waals surface area contributed by atoms with Crippen LogP contribution in [-0.4, -0.2) is 42.1 Å². The Bertz CT molecular complexity index is 1210. The summed E-state index contributed by atoms with van der Waals surface area (Å²) in [5, 5.41) is 5.55. The third-order valence-corrected chi connectivity index (χ3v) is 6.43. The van der Waals surface area contributed by atoms with Crippen molar-refractivity contribution >= 4 is 17.8 Å². The SMILES string of the molecule is O=C(C[C@@H]1NC(=O)N(Cc2ccc3c(c2)OCO3)C1=O)NCCC(c1ccccc1)c1ccccc1. The monoisotopic (exact) mass is 485 g/mol. The molecule has 2 heterocycles. The zero-order valence-corrected chi connectivity index (χ0v) is 19.7. The Morgan fingerprint density at radius 1 is 0.944 bits per heavy atom. The predicted octanol–water partition coefficient (Wildman–Crippen LogP) is 3.56. The maximum absolute atomic E-state index is 12.8. The number of ether oxygens (including phenoxy) is 2. The van der Waals surface area contributed by atoms with Gasteiger partial charge in [-0.05, 0) is 35.2 Å². The Kier molecular flexibility index (Phi) is 6.84. The number of benzene rings is 3. The van der Waals surface area contributed by atoms with Crippen LogP contribution in [0.5, 0.6) is 11.5 Å². The number of rotatable bonds is 9. The van der Waals surface area contributed by atoms with Gasteiger partial charge in [0.05, 0.1) is 13.0 Å². The molecule has 2 aliphatic heterocycles. The largest absolute Gasteiger partial charge is 0.454 e. The van der Waals surface area contributed by atoms with Crippen molar-refractivity contribution in [2.75, 3.05) is 13.3 Å². The number of hydrogen-bond donors (Lipinski definition) is 2. The average molecular weight is 486 g/mol. The molecule has 0 bridgehead atoms. The lowest BCUT2D eigenvalue weighted by Crippen LogP contribution is -2.37. The third kappa shape index (κ3) is 5.17. The van der Waals surface area contributed by atoms with Crippen molar-refractivity contribution in [1.29, 1.82) is 0 Å². The molecule has 5 rings (SSSR count). The first-order valence-electron chi connectivity index (χ1n) is 12.0. The van der Waals surface area contributed by atoms with Crippen LogP contribution in [0.1, 0.15) is 35.4 Å². The summed E-state index contributed by atoms with van der Waals surface area (Å²) in [6.07, 6.45) is 0.602. The minimum atomic E-state index is -0.884. The Morgan fingerprint density at radius 3 is 2.31 bits per heavy atom. The molecule has 36 heavy (non-hydrogen) atoms. The highest BCUT2D eigenvalue weighted by molar-refractivity contribution is 6.05. The lowest BCUT2D eigenvalue weighted by Gasteiger charge is -2.19. The van der Waals surface area contributed by atoms with Crippen LogP contribution in [0.3, 0.4) is 0 Å². The highest BCUT2D eigenvalue weighted by atomic mass is 16.7. The van der Waals surface area contributed by atoms with E-state index in [2.05, 4.69) is 34.9 Å². The van der Waals surface area contributed by atoms with Crippen LogP contribution >= 0.6 is 0 Å². The number of carbonyl (C=O) groups is 3. The molecule has 3 aromatic rings. The highest BCUT2D eigenvalue weighted by Gasteiger charge is 2.39. The van der Waals surface area contributed by atoms with Crippen molar-refractivity contribution < 1.29 is 23.9 Å². The van der Waals surface area contributed by atoms with Crippen molar-refractivity contribution in [2.24, 2.45) is 0 Å². The molecule has 0 aromatic heterocycles. The van der Waals surface area contributed by atoms with E-state index in [1.54, 1.807) is 18.2 Å². The van der Waals surface area contributed by atoms with E-state index in [4.69, 9.17) is 9.47 Å². The molecule has 2 N–H and O–H groups in total. The minimum absolute atomic E-state index is 0.0925. The summed E-state index contributed by atoms with van der Waals surface area (Å²) < 4.78 is 10.7. The van der Waals surface area contributed by atoms with Gasteiger partial charge in [-0.25, -0.2) is 4.79 Å². The molecule has 1 saturated heterocycles. The molecule has 4 amide bonds. The molecule has 8 nitrogen and oxygen atoms in total. The van der Waals surface area contributed by atoms with E-state index in [1.807, 2.05) is 36.4 Å². The highest BCUT2D eigenvalue weighted by Crippen LogP contribution is 2.33. The second-order valence-electron chi connectivity index (χ2n) is 8.83. The van der Waals surface area contributed by atoms with Gasteiger partial charge in [-0.3, -0.25) is 14.5 Å². The van der Waals surface area contributed by atoms with Crippen molar-refractivity contribution in [1.82, 2.24) is 15.5 Å². The molecule has 184 valence electrons. The fourth-order valence-electron chi connectivity index (χ4n) is 4.60. The van der Waals surface area contributed by atoms with Crippen LogP contribution in [0.25, 0.3) is 0 Å². The smallest absolute Gasteiger partial charge is 0.325 e. The van der Waals surface area contributed by atoms with E-state index >= 15 is 0 Å². The molecule has 1 fully saturated rings. The van der Waals surface area contributed by atoms with Crippen LogP contribution in [0.2, 0.25) is 0 Å². The number of hydrogen-bond acceptors (Lipinski definition) is 5. The molecule has 0 radical (unpaired) electrons. The Labute approximate surface area is 209 Å². The molecule has 0 unspecified atom stereocenters. The van der Waals surface area contributed by atoms with E-state index in [9.17, 15) is 14.4 Å². The summed E-state index contributed by atoms with van der Waals surface area (Å²) in [5.74, 6) is 0.655. The molecule has 0 aliphatic carbocycles. The average Bonchev–Trinajstić information content (AvgIpc) is 3.47. The minimum Gasteiger partial charge on any atom is -0.454 e. The molecule has 0 spiro atoms. The summed E-state index contributed by atoms with van der Waals surface area (Å²) in [7, 11) is 0. The molecule has 8 heteroatoms. The van der Waals surface area contributed by atoms with Gasteiger partial charge in [-0.15, -0.1) is 0 Å². The van der Waals surface area contributed by atoms with E-state index in [1.165, 1.54) is 11.1 Å². The number of nitrogens with one attached hydrogen (secondary N) is 2. The summed E-state index contributed by atoms with van der Waals surface area (Å²) >= 11 is 0. The number of fused-ring (bicyclic) bond motifs is 1. The van der Waals surface area contributed by atoms with Gasteiger partial charge in [-0.2, -0.15) is 0 Å². The fourth-order valence-corrected chi connectivity index (χ4v) is 4.60. The Hall–Kier alpha value is -4.33. The summed E-state index contributed by atoms with van der Waals surface area (Å²) in [4.78, 5) is 39.0. The lowest BCUT2D eigenvalue weighted by atomic mass is 9.88. The molecule has 0 saturated carbocycles. The van der Waals surface area contributed by atoms with Crippen LogP contribution in [0.15, 0.2) is 78.9 Å². The van der Waals surface area contributed by atoms with Gasteiger partial charge in [0.2, 0.25) is 12.7 Å². The lowest BCUT2D eigenvalue weighted by molar-refractivity contribution is -0.131. The first kappa shape index (κ1) is 23.4. The normalized spacial score (nSPS) is 16.4. The quantitative estimate of drug-likeness (QED) is 0.452. The number of imide groups is 1. The number of carbonyl (C=O) groups excluding carboxylic acids is 3. The van der Waals surface area contributed by atoms with Gasteiger partial charge in [0.1, 0.15) is 6.04 Å². The van der Waals surface area contributed by atoms with E-state index in [0.717, 1.165) is 10.5 Å². The Balaban J connectivity index is 1.15. The maximum atomic E-state index is 12.8. The summed E-state index contributed by atoms with van der Waals surface area (Å²) in [6, 6.07) is 24.2. The van der Waals surface area contributed by atoms with Gasteiger partial charge < -0.3 is 20.1 Å². The van der Waals surface area contributed by atoms with Crippen LogP contribution in [-0.2, 0) is 16.1 Å². The number of urea groups is 1. The molecular weight excluding hydrogens is 458 g/mol. The summed E-state index contributed by atoms with van der Waals surface area (Å²) in [5.41, 5.74) is 3.09. The van der Waals surface area contributed by atoms with Gasteiger partial charge in [0.25, 0.3) is 5.91 Å². The molecule has 1 atom stereocenters. The van der Waals surface area contributed by atoms with E-state index < -0.39 is 18.0 Å². The Morgan fingerprint density at radius 2 is 1.61 bits per heavy atom. The van der Waals surface area contributed by atoms with Crippen molar-refractivity contribution in [3.8, 4) is 11.5 Å². The number of nitrogens with zero attached hydrogens (tertiary/aromatic N) is 1. The van der Waals surface area contributed by atoms with Gasteiger partial charge >= 0.3 is 6.03 Å². The van der Waals surface area contributed by atoms with Gasteiger partial charge in [0.15, 0.2) is 11.5 Å².